The fourth-order valence-corrected chi connectivity index (χ4v) is 5.34. The van der Waals surface area contributed by atoms with Gasteiger partial charge >= 0.3 is 0 Å². The molecule has 0 spiro atoms. The first kappa shape index (κ1) is 15.9. The monoisotopic (exact) mass is 351 g/mol. The van der Waals surface area contributed by atoms with Gasteiger partial charge in [0.1, 0.15) is 6.54 Å². The molecule has 0 aliphatic carbocycles. The Morgan fingerprint density at radius 3 is 2.92 bits per heavy atom. The third kappa shape index (κ3) is 2.61. The lowest BCUT2D eigenvalue weighted by atomic mass is 9.76. The minimum atomic E-state index is 0.205. The lowest BCUT2D eigenvalue weighted by Crippen LogP contribution is -2.61. The van der Waals surface area contributed by atoms with Gasteiger partial charge in [0, 0.05) is 43.8 Å². The normalized spacial score (nSPS) is 28.3. The van der Waals surface area contributed by atoms with Crippen LogP contribution in [0.25, 0.3) is 10.9 Å². The molecule has 2 bridgehead atoms. The number of para-hydroxylation sites is 1. The van der Waals surface area contributed by atoms with Crippen LogP contribution in [0.3, 0.4) is 0 Å². The second-order valence-electron chi connectivity index (χ2n) is 8.17. The van der Waals surface area contributed by atoms with E-state index in [0.717, 1.165) is 38.0 Å². The van der Waals surface area contributed by atoms with E-state index in [0.29, 0.717) is 36.8 Å². The van der Waals surface area contributed by atoms with Crippen LogP contribution >= 0.6 is 0 Å². The van der Waals surface area contributed by atoms with Crippen LogP contribution in [0.4, 0.5) is 0 Å². The molecule has 1 aromatic heterocycles. The molecule has 3 fully saturated rings. The molecule has 5 nitrogen and oxygen atoms in total. The van der Waals surface area contributed by atoms with Gasteiger partial charge in [-0.15, -0.1) is 0 Å². The highest BCUT2D eigenvalue weighted by molar-refractivity contribution is 5.83. The van der Waals surface area contributed by atoms with Crippen molar-refractivity contribution in [3.63, 3.8) is 0 Å². The number of piperidine rings is 3. The lowest BCUT2D eigenvalue weighted by Gasteiger charge is -2.52. The maximum absolute atomic E-state index is 13.0. The molecule has 3 aliphatic rings. The van der Waals surface area contributed by atoms with Gasteiger partial charge in [-0.1, -0.05) is 18.2 Å². The summed E-state index contributed by atoms with van der Waals surface area (Å²) in [6, 6.07) is 10.6. The molecule has 3 saturated heterocycles. The van der Waals surface area contributed by atoms with E-state index in [2.05, 4.69) is 32.6 Å². The summed E-state index contributed by atoms with van der Waals surface area (Å²) in [5.74, 6) is 1.43. The number of nitrogens with zero attached hydrogens (tertiary/aromatic N) is 3. The van der Waals surface area contributed by atoms with Crippen LogP contribution in [0.15, 0.2) is 36.5 Å². The molecule has 26 heavy (non-hydrogen) atoms. The maximum Gasteiger partial charge on any atom is 0.242 e. The highest BCUT2D eigenvalue weighted by Gasteiger charge is 2.44. The number of carbonyl (C=O) groups excluding carboxylic acids is 2. The van der Waals surface area contributed by atoms with Gasteiger partial charge < -0.3 is 14.4 Å². The van der Waals surface area contributed by atoms with Crippen LogP contribution in [0, 0.1) is 11.8 Å². The second-order valence-corrected chi connectivity index (χ2v) is 8.17. The number of aromatic nitrogens is 1. The van der Waals surface area contributed by atoms with Crippen molar-refractivity contribution in [1.82, 2.24) is 14.4 Å². The summed E-state index contributed by atoms with van der Waals surface area (Å²) in [6.07, 6.45) is 6.00. The average Bonchev–Trinajstić information content (AvgIpc) is 3.05. The third-order valence-corrected chi connectivity index (χ3v) is 6.52. The summed E-state index contributed by atoms with van der Waals surface area (Å²) < 4.78 is 2.05. The molecule has 1 aromatic carbocycles. The fourth-order valence-electron chi connectivity index (χ4n) is 5.34. The molecule has 0 saturated carbocycles. The van der Waals surface area contributed by atoms with Gasteiger partial charge in [-0.2, -0.15) is 0 Å². The Hall–Kier alpha value is -2.30. The average molecular weight is 351 g/mol. The molecule has 3 aliphatic heterocycles. The quantitative estimate of drug-likeness (QED) is 0.834. The standard InChI is InChI=1S/C21H25N3O2/c25-20-7-3-6-19-17-10-15(12-24(19)20)11-23(13-17)21(26)14-22-9-8-16-4-1-2-5-18(16)22/h1-2,4-5,8-9,15,17,19H,3,6-7,10-14H2/t15-,17+,19+/m1/s1. The number of likely N-dealkylation sites (tertiary alicyclic amines) is 1. The van der Waals surface area contributed by atoms with Gasteiger partial charge in [-0.3, -0.25) is 9.59 Å². The predicted molar refractivity (Wildman–Crippen MR) is 99.5 cm³/mol. The van der Waals surface area contributed by atoms with E-state index >= 15 is 0 Å². The molecule has 2 aromatic rings. The zero-order valence-electron chi connectivity index (χ0n) is 15.0. The molecule has 5 heteroatoms. The predicted octanol–water partition coefficient (Wildman–Crippen LogP) is 2.50. The Balaban J connectivity index is 1.32. The highest BCUT2D eigenvalue weighted by atomic mass is 16.2. The van der Waals surface area contributed by atoms with Crippen molar-refractivity contribution in [2.75, 3.05) is 19.6 Å². The fraction of sp³-hybridized carbons (Fsp3) is 0.524. The topological polar surface area (TPSA) is 45.6 Å². The summed E-state index contributed by atoms with van der Waals surface area (Å²) in [5, 5.41) is 1.17. The largest absolute Gasteiger partial charge is 0.340 e. The summed E-state index contributed by atoms with van der Waals surface area (Å²) in [5.41, 5.74) is 1.11. The summed E-state index contributed by atoms with van der Waals surface area (Å²) >= 11 is 0. The van der Waals surface area contributed by atoms with E-state index in [4.69, 9.17) is 0 Å². The van der Waals surface area contributed by atoms with Gasteiger partial charge in [-0.25, -0.2) is 0 Å². The summed E-state index contributed by atoms with van der Waals surface area (Å²) in [6.45, 7) is 2.85. The van der Waals surface area contributed by atoms with Gasteiger partial charge in [-0.05, 0) is 48.6 Å². The minimum Gasteiger partial charge on any atom is -0.340 e. The molecule has 0 radical (unpaired) electrons. The number of fused-ring (bicyclic) bond motifs is 5. The maximum atomic E-state index is 13.0. The van der Waals surface area contributed by atoms with Gasteiger partial charge in [0.2, 0.25) is 11.8 Å². The second kappa shape index (κ2) is 6.15. The number of hydrogen-bond donors (Lipinski definition) is 0. The van der Waals surface area contributed by atoms with Crippen molar-refractivity contribution in [2.45, 2.75) is 38.3 Å². The number of benzene rings is 1. The number of carbonyl (C=O) groups is 2. The molecular formula is C21H25N3O2. The number of hydrogen-bond acceptors (Lipinski definition) is 2. The van der Waals surface area contributed by atoms with Crippen molar-refractivity contribution < 1.29 is 9.59 Å². The Kier molecular flexibility index (Phi) is 3.76. The van der Waals surface area contributed by atoms with Crippen LogP contribution in [0.1, 0.15) is 25.7 Å². The third-order valence-electron chi connectivity index (χ3n) is 6.52. The van der Waals surface area contributed by atoms with Crippen LogP contribution in [-0.4, -0.2) is 51.9 Å². The molecule has 4 heterocycles. The molecule has 3 atom stereocenters. The van der Waals surface area contributed by atoms with E-state index in [9.17, 15) is 9.59 Å². The number of rotatable bonds is 2. The minimum absolute atomic E-state index is 0.205. The summed E-state index contributed by atoms with van der Waals surface area (Å²) in [4.78, 5) is 29.4. The molecule has 0 N–H and O–H groups in total. The molecule has 5 rings (SSSR count). The van der Waals surface area contributed by atoms with E-state index in [1.807, 2.05) is 18.3 Å². The zero-order valence-corrected chi connectivity index (χ0v) is 15.0. The number of amides is 2. The molecular weight excluding hydrogens is 326 g/mol. The first-order valence-corrected chi connectivity index (χ1v) is 9.80. The van der Waals surface area contributed by atoms with Gasteiger partial charge in [0.15, 0.2) is 0 Å². The SMILES string of the molecule is O=C(Cn1ccc2ccccc21)N1C[C@H]2C[C@@H](C1)[C@@H]1CCCC(=O)N1C2. The van der Waals surface area contributed by atoms with Crippen molar-refractivity contribution in [3.05, 3.63) is 36.5 Å². The molecule has 2 amide bonds. The molecule has 0 unspecified atom stereocenters. The molecule has 136 valence electrons. The summed E-state index contributed by atoms with van der Waals surface area (Å²) in [7, 11) is 0. The zero-order chi connectivity index (χ0) is 17.7. The smallest absolute Gasteiger partial charge is 0.242 e. The Bertz CT molecular complexity index is 858. The van der Waals surface area contributed by atoms with Crippen molar-refractivity contribution >= 4 is 22.7 Å². The first-order valence-electron chi connectivity index (χ1n) is 9.80. The Morgan fingerprint density at radius 2 is 2.00 bits per heavy atom. The van der Waals surface area contributed by atoms with E-state index in [-0.39, 0.29) is 5.91 Å². The van der Waals surface area contributed by atoms with Crippen LogP contribution < -0.4 is 0 Å². The van der Waals surface area contributed by atoms with Crippen LogP contribution in [0.5, 0.6) is 0 Å². The van der Waals surface area contributed by atoms with Gasteiger partial charge in [0.05, 0.1) is 0 Å². The van der Waals surface area contributed by atoms with Crippen LogP contribution in [0.2, 0.25) is 0 Å². The van der Waals surface area contributed by atoms with E-state index in [1.54, 1.807) is 0 Å². The van der Waals surface area contributed by atoms with Crippen molar-refractivity contribution in [1.29, 1.82) is 0 Å². The lowest BCUT2D eigenvalue weighted by molar-refractivity contribution is -0.148. The van der Waals surface area contributed by atoms with Crippen LogP contribution in [-0.2, 0) is 16.1 Å². The van der Waals surface area contributed by atoms with E-state index < -0.39 is 0 Å². The van der Waals surface area contributed by atoms with E-state index in [1.165, 1.54) is 11.8 Å². The Labute approximate surface area is 153 Å². The van der Waals surface area contributed by atoms with Gasteiger partial charge in [0.25, 0.3) is 0 Å². The highest BCUT2D eigenvalue weighted by Crippen LogP contribution is 2.38. The van der Waals surface area contributed by atoms with Crippen molar-refractivity contribution in [3.8, 4) is 0 Å². The first-order chi connectivity index (χ1) is 12.7. The van der Waals surface area contributed by atoms with Crippen molar-refractivity contribution in [2.24, 2.45) is 11.8 Å². The Morgan fingerprint density at radius 1 is 1.12 bits per heavy atom.